The third-order valence-corrected chi connectivity index (χ3v) is 3.98. The third-order valence-electron chi connectivity index (χ3n) is 3.98. The molecule has 0 radical (unpaired) electrons. The zero-order valence-electron chi connectivity index (χ0n) is 14.0. The topological polar surface area (TPSA) is 67.3 Å². The molecule has 1 saturated heterocycles. The Morgan fingerprint density at radius 2 is 1.88 bits per heavy atom. The minimum absolute atomic E-state index is 0.0617. The lowest BCUT2D eigenvalue weighted by Gasteiger charge is -2.32. The first-order valence-electron chi connectivity index (χ1n) is 8.20. The Morgan fingerprint density at radius 3 is 2.54 bits per heavy atom. The second-order valence-corrected chi connectivity index (χ2v) is 6.00. The van der Waals surface area contributed by atoms with Crippen LogP contribution in [0.15, 0.2) is 36.4 Å². The lowest BCUT2D eigenvalue weighted by Crippen LogP contribution is -2.43. The molecule has 1 fully saturated rings. The number of hydrogen-bond acceptors (Lipinski definition) is 4. The van der Waals surface area contributed by atoms with Crippen molar-refractivity contribution in [1.29, 1.82) is 0 Å². The molecule has 1 aromatic carbocycles. The van der Waals surface area contributed by atoms with Crippen LogP contribution in [-0.4, -0.2) is 40.1 Å². The van der Waals surface area contributed by atoms with E-state index in [4.69, 9.17) is 4.74 Å². The van der Waals surface area contributed by atoms with Crippen molar-refractivity contribution in [2.45, 2.75) is 32.8 Å². The van der Waals surface area contributed by atoms with Gasteiger partial charge in [-0.05, 0) is 26.0 Å². The number of rotatable bonds is 3. The molecule has 0 spiro atoms. The predicted molar refractivity (Wildman–Crippen MR) is 92.2 cm³/mol. The Labute approximate surface area is 141 Å². The van der Waals surface area contributed by atoms with Crippen LogP contribution in [0.3, 0.4) is 0 Å². The van der Waals surface area contributed by atoms with E-state index in [0.29, 0.717) is 24.8 Å². The van der Waals surface area contributed by atoms with Crippen LogP contribution >= 0.6 is 0 Å². The number of para-hydroxylation sites is 1. The van der Waals surface area contributed by atoms with E-state index in [1.807, 2.05) is 55.1 Å². The highest BCUT2D eigenvalue weighted by atomic mass is 16.5. The van der Waals surface area contributed by atoms with Gasteiger partial charge in [0.05, 0.1) is 0 Å². The Balaban J connectivity index is 1.51. The number of piperidine rings is 1. The van der Waals surface area contributed by atoms with Gasteiger partial charge in [-0.15, -0.1) is 0 Å². The molecule has 3 rings (SSSR count). The van der Waals surface area contributed by atoms with Crippen LogP contribution in [-0.2, 0) is 0 Å². The molecule has 0 unspecified atom stereocenters. The highest BCUT2D eigenvalue weighted by Gasteiger charge is 2.24. The fourth-order valence-corrected chi connectivity index (χ4v) is 2.81. The average molecular weight is 326 g/mol. The van der Waals surface area contributed by atoms with E-state index < -0.39 is 0 Å². The van der Waals surface area contributed by atoms with Gasteiger partial charge in [-0.2, -0.15) is 4.98 Å². The van der Waals surface area contributed by atoms with Gasteiger partial charge in [0.25, 0.3) is 0 Å². The fraction of sp³-hybridized carbons (Fsp3) is 0.389. The second-order valence-electron chi connectivity index (χ2n) is 6.00. The number of anilines is 1. The molecule has 6 heteroatoms. The Hall–Kier alpha value is -2.63. The first-order chi connectivity index (χ1) is 11.6. The van der Waals surface area contributed by atoms with Crippen molar-refractivity contribution in [2.24, 2.45) is 0 Å². The predicted octanol–water partition coefficient (Wildman–Crippen LogP) is 3.17. The summed E-state index contributed by atoms with van der Waals surface area (Å²) in [5, 5.41) is 2.92. The van der Waals surface area contributed by atoms with Gasteiger partial charge in [0.1, 0.15) is 11.9 Å². The molecule has 0 saturated carbocycles. The molecule has 0 atom stereocenters. The number of likely N-dealkylation sites (tertiary alicyclic amines) is 1. The monoisotopic (exact) mass is 326 g/mol. The highest BCUT2D eigenvalue weighted by Crippen LogP contribution is 2.19. The maximum Gasteiger partial charge on any atom is 0.321 e. The van der Waals surface area contributed by atoms with Crippen LogP contribution in [0.2, 0.25) is 0 Å². The average Bonchev–Trinajstić information content (AvgIpc) is 2.55. The summed E-state index contributed by atoms with van der Waals surface area (Å²) in [4.78, 5) is 22.7. The number of urea groups is 1. The summed E-state index contributed by atoms with van der Waals surface area (Å²) in [6.45, 7) is 5.13. The third kappa shape index (κ3) is 4.22. The summed E-state index contributed by atoms with van der Waals surface area (Å²) in [6.07, 6.45) is 1.67. The van der Waals surface area contributed by atoms with Crippen molar-refractivity contribution in [1.82, 2.24) is 14.9 Å². The Bertz CT molecular complexity index is 677. The summed E-state index contributed by atoms with van der Waals surface area (Å²) in [5.41, 5.74) is 1.71. The summed E-state index contributed by atoms with van der Waals surface area (Å²) >= 11 is 0. The van der Waals surface area contributed by atoms with Crippen molar-refractivity contribution in [3.63, 3.8) is 0 Å². The van der Waals surface area contributed by atoms with Crippen molar-refractivity contribution in [2.75, 3.05) is 18.4 Å². The molecule has 0 aliphatic carbocycles. The first-order valence-corrected chi connectivity index (χ1v) is 8.20. The summed E-state index contributed by atoms with van der Waals surface area (Å²) in [5.74, 6) is 1.33. The quantitative estimate of drug-likeness (QED) is 0.941. The molecule has 1 aromatic heterocycles. The molecule has 2 amide bonds. The van der Waals surface area contributed by atoms with E-state index in [-0.39, 0.29) is 12.1 Å². The number of nitrogens with zero attached hydrogens (tertiary/aromatic N) is 3. The minimum Gasteiger partial charge on any atom is -0.474 e. The van der Waals surface area contributed by atoms with E-state index in [2.05, 4.69) is 15.3 Å². The lowest BCUT2D eigenvalue weighted by molar-refractivity contribution is 0.111. The number of ether oxygens (including phenoxy) is 1. The van der Waals surface area contributed by atoms with Crippen LogP contribution in [0, 0.1) is 13.8 Å². The SMILES string of the molecule is Cc1cc(OC2CCN(C(=O)Nc3ccccc3)CC2)nc(C)n1. The molecular weight excluding hydrogens is 304 g/mol. The molecule has 126 valence electrons. The van der Waals surface area contributed by atoms with Crippen LogP contribution < -0.4 is 10.1 Å². The van der Waals surface area contributed by atoms with Crippen molar-refractivity contribution in [3.05, 3.63) is 47.9 Å². The van der Waals surface area contributed by atoms with Gasteiger partial charge in [-0.3, -0.25) is 0 Å². The maximum atomic E-state index is 12.3. The molecule has 0 bridgehead atoms. The standard InChI is InChI=1S/C18H22N4O2/c1-13-12-17(20-14(2)19-13)24-16-8-10-22(11-9-16)18(23)21-15-6-4-3-5-7-15/h3-7,12,16H,8-11H2,1-2H3,(H,21,23). The molecule has 1 N–H and O–H groups in total. The number of aryl methyl sites for hydroxylation is 2. The minimum atomic E-state index is -0.0617. The number of nitrogens with one attached hydrogen (secondary N) is 1. The van der Waals surface area contributed by atoms with Gasteiger partial charge in [-0.1, -0.05) is 18.2 Å². The molecule has 24 heavy (non-hydrogen) atoms. The fourth-order valence-electron chi connectivity index (χ4n) is 2.81. The van der Waals surface area contributed by atoms with Gasteiger partial charge < -0.3 is 15.0 Å². The van der Waals surface area contributed by atoms with Crippen LogP contribution in [0.1, 0.15) is 24.4 Å². The number of benzene rings is 1. The number of amides is 2. The zero-order chi connectivity index (χ0) is 16.9. The van der Waals surface area contributed by atoms with Gasteiger partial charge in [0, 0.05) is 43.4 Å². The molecule has 2 heterocycles. The maximum absolute atomic E-state index is 12.3. The van der Waals surface area contributed by atoms with Crippen molar-refractivity contribution < 1.29 is 9.53 Å². The van der Waals surface area contributed by atoms with Crippen molar-refractivity contribution in [3.8, 4) is 5.88 Å². The number of aromatic nitrogens is 2. The lowest BCUT2D eigenvalue weighted by atomic mass is 10.1. The van der Waals surface area contributed by atoms with Gasteiger partial charge >= 0.3 is 6.03 Å². The van der Waals surface area contributed by atoms with Crippen LogP contribution in [0.5, 0.6) is 5.88 Å². The van der Waals surface area contributed by atoms with Crippen molar-refractivity contribution >= 4 is 11.7 Å². The molecule has 2 aromatic rings. The van der Waals surface area contributed by atoms with E-state index in [1.165, 1.54) is 0 Å². The largest absolute Gasteiger partial charge is 0.474 e. The van der Waals surface area contributed by atoms with E-state index in [0.717, 1.165) is 24.2 Å². The Morgan fingerprint density at radius 1 is 1.17 bits per heavy atom. The highest BCUT2D eigenvalue weighted by molar-refractivity contribution is 5.89. The van der Waals surface area contributed by atoms with Gasteiger partial charge in [-0.25, -0.2) is 9.78 Å². The smallest absolute Gasteiger partial charge is 0.321 e. The summed E-state index contributed by atoms with van der Waals surface area (Å²) in [7, 11) is 0. The van der Waals surface area contributed by atoms with Gasteiger partial charge in [0.2, 0.25) is 5.88 Å². The zero-order valence-corrected chi connectivity index (χ0v) is 14.0. The molecular formula is C18H22N4O2. The number of carbonyl (C=O) groups is 1. The normalized spacial score (nSPS) is 15.2. The molecule has 6 nitrogen and oxygen atoms in total. The van der Waals surface area contributed by atoms with E-state index in [9.17, 15) is 4.79 Å². The van der Waals surface area contributed by atoms with Crippen LogP contribution in [0.25, 0.3) is 0 Å². The summed E-state index contributed by atoms with van der Waals surface area (Å²) < 4.78 is 5.95. The summed E-state index contributed by atoms with van der Waals surface area (Å²) in [6, 6.07) is 11.3. The number of carbonyl (C=O) groups excluding carboxylic acids is 1. The van der Waals surface area contributed by atoms with E-state index >= 15 is 0 Å². The molecule has 1 aliphatic heterocycles. The second kappa shape index (κ2) is 7.29. The van der Waals surface area contributed by atoms with E-state index in [1.54, 1.807) is 0 Å². The van der Waals surface area contributed by atoms with Gasteiger partial charge in [0.15, 0.2) is 0 Å². The first kappa shape index (κ1) is 16.2. The Kier molecular flexibility index (Phi) is 4.93. The number of hydrogen-bond donors (Lipinski definition) is 1. The molecule has 1 aliphatic rings. The van der Waals surface area contributed by atoms with Crippen LogP contribution in [0.4, 0.5) is 10.5 Å².